The van der Waals surface area contributed by atoms with Gasteiger partial charge in [-0.25, -0.2) is 17.6 Å². The topological polar surface area (TPSA) is 122 Å². The number of nitrogens with one attached hydrogen (secondary N) is 1. The number of halogens is 7. The fourth-order valence-electron chi connectivity index (χ4n) is 3.94. The van der Waals surface area contributed by atoms with Crippen LogP contribution >= 0.6 is 0 Å². The monoisotopic (exact) mass is 630 g/mol. The molecule has 42 heavy (non-hydrogen) atoms. The molecule has 2 N–H and O–H groups in total. The maximum Gasteiger partial charge on any atom is 0.427 e. The number of carbonyl (C=O) groups is 2. The van der Waals surface area contributed by atoms with Crippen LogP contribution in [0.25, 0.3) is 0 Å². The molecule has 17 heteroatoms. The van der Waals surface area contributed by atoms with Crippen molar-refractivity contribution in [3.8, 4) is 5.75 Å². The highest BCUT2D eigenvalue weighted by Gasteiger charge is 2.51. The lowest BCUT2D eigenvalue weighted by Gasteiger charge is -2.36. The number of hydrogen-bond acceptors (Lipinski definition) is 6. The summed E-state index contributed by atoms with van der Waals surface area (Å²) in [6.07, 6.45) is -12.9. The molecule has 3 rings (SSSR count). The van der Waals surface area contributed by atoms with Gasteiger partial charge in [0, 0.05) is 5.69 Å². The molecule has 1 heterocycles. The summed E-state index contributed by atoms with van der Waals surface area (Å²) >= 11 is 0. The second kappa shape index (κ2) is 11.5. The molecule has 0 fully saturated rings. The molecule has 0 radical (unpaired) electrons. The summed E-state index contributed by atoms with van der Waals surface area (Å²) < 4.78 is 131. The SMILES string of the molecule is CC[C@@H](C[C@H]1CN(S(=O)(=O)c2ccc(F)c(C(F)(F)F)c2)c2cc(NC(=O)OC(C)(C)C(F)(F)F)ccc2O1)C(=O)O. The normalized spacial score (nSPS) is 16.7. The standard InChI is InChI=1S/C25H25F7N2O7S/c1-4-13(21(35)36)9-15-12-34(42(38,39)16-6-7-18(26)17(11-16)24(27,28)29)19-10-14(5-8-20(19)40-15)33-22(37)41-23(2,3)25(30,31)32/h5-8,10-11,13,15H,4,9,12H2,1-3H3,(H,33,37)(H,35,36)/t13-,15-/m0/s1. The van der Waals surface area contributed by atoms with Crippen molar-refractivity contribution in [1.29, 1.82) is 0 Å². The molecule has 1 aliphatic heterocycles. The number of rotatable bonds is 8. The quantitative estimate of drug-likeness (QED) is 0.334. The second-order valence-electron chi connectivity index (χ2n) is 9.80. The minimum Gasteiger partial charge on any atom is -0.486 e. The number of aliphatic carboxylic acids is 1. The summed E-state index contributed by atoms with van der Waals surface area (Å²) in [6, 6.07) is 4.24. The molecule has 0 aliphatic carbocycles. The van der Waals surface area contributed by atoms with Crippen LogP contribution in [-0.2, 0) is 25.7 Å². The van der Waals surface area contributed by atoms with E-state index in [9.17, 15) is 53.8 Å². The number of fused-ring (bicyclic) bond motifs is 1. The van der Waals surface area contributed by atoms with Gasteiger partial charge in [-0.15, -0.1) is 0 Å². The Kier molecular flexibility index (Phi) is 8.96. The highest BCUT2D eigenvalue weighted by molar-refractivity contribution is 7.92. The van der Waals surface area contributed by atoms with Crippen molar-refractivity contribution in [1.82, 2.24) is 0 Å². The summed E-state index contributed by atoms with van der Waals surface area (Å²) in [7, 11) is -4.92. The molecule has 0 aromatic heterocycles. The zero-order valence-electron chi connectivity index (χ0n) is 22.1. The van der Waals surface area contributed by atoms with E-state index in [1.54, 1.807) is 6.92 Å². The maximum absolute atomic E-state index is 13.9. The van der Waals surface area contributed by atoms with E-state index >= 15 is 0 Å². The van der Waals surface area contributed by atoms with Crippen molar-refractivity contribution in [2.45, 2.75) is 62.6 Å². The number of ether oxygens (including phenoxy) is 2. The average molecular weight is 631 g/mol. The van der Waals surface area contributed by atoms with Crippen LogP contribution in [0.3, 0.4) is 0 Å². The van der Waals surface area contributed by atoms with Gasteiger partial charge in [0.25, 0.3) is 10.0 Å². The van der Waals surface area contributed by atoms with Crippen molar-refractivity contribution < 1.29 is 63.3 Å². The van der Waals surface area contributed by atoms with E-state index in [1.165, 1.54) is 0 Å². The molecule has 232 valence electrons. The summed E-state index contributed by atoms with van der Waals surface area (Å²) in [5.41, 5.74) is -5.36. The fraction of sp³-hybridized carbons (Fsp3) is 0.440. The lowest BCUT2D eigenvalue weighted by atomic mass is 9.98. The zero-order valence-corrected chi connectivity index (χ0v) is 23.0. The Morgan fingerprint density at radius 1 is 1.12 bits per heavy atom. The van der Waals surface area contributed by atoms with E-state index in [-0.39, 0.29) is 36.0 Å². The van der Waals surface area contributed by atoms with Crippen molar-refractivity contribution in [2.24, 2.45) is 5.92 Å². The van der Waals surface area contributed by atoms with Crippen LogP contribution in [0.1, 0.15) is 39.2 Å². The van der Waals surface area contributed by atoms with Gasteiger partial charge in [-0.2, -0.15) is 26.3 Å². The van der Waals surface area contributed by atoms with Gasteiger partial charge in [0.05, 0.1) is 28.6 Å². The van der Waals surface area contributed by atoms with Gasteiger partial charge in [-0.3, -0.25) is 14.4 Å². The third kappa shape index (κ3) is 6.99. The summed E-state index contributed by atoms with van der Waals surface area (Å²) in [5.74, 6) is -4.09. The Morgan fingerprint density at radius 2 is 1.76 bits per heavy atom. The first kappa shape index (κ1) is 32.8. The molecule has 0 spiro atoms. The van der Waals surface area contributed by atoms with E-state index in [4.69, 9.17) is 4.74 Å². The fourth-order valence-corrected chi connectivity index (χ4v) is 5.47. The van der Waals surface area contributed by atoms with Gasteiger partial charge in [0.1, 0.15) is 17.7 Å². The third-order valence-corrected chi connectivity index (χ3v) is 8.16. The van der Waals surface area contributed by atoms with Crippen molar-refractivity contribution in [2.75, 3.05) is 16.2 Å². The highest BCUT2D eigenvalue weighted by Crippen LogP contribution is 2.41. The largest absolute Gasteiger partial charge is 0.486 e. The number of carboxylic acid groups (broad SMARTS) is 1. The lowest BCUT2D eigenvalue weighted by molar-refractivity contribution is -0.242. The Hall–Kier alpha value is -3.76. The number of amides is 1. The molecule has 2 aromatic rings. The number of nitrogens with zero attached hydrogens (tertiary/aromatic N) is 1. The van der Waals surface area contributed by atoms with E-state index in [0.29, 0.717) is 30.3 Å². The van der Waals surface area contributed by atoms with Gasteiger partial charge in [0.2, 0.25) is 5.60 Å². The molecule has 0 saturated carbocycles. The Morgan fingerprint density at radius 3 is 2.31 bits per heavy atom. The Labute approximate surface area is 235 Å². The molecule has 0 unspecified atom stereocenters. The Balaban J connectivity index is 2.06. The minimum atomic E-state index is -5.24. The van der Waals surface area contributed by atoms with Gasteiger partial charge in [-0.05, 0) is 63.1 Å². The molecule has 0 bridgehead atoms. The van der Waals surface area contributed by atoms with Gasteiger partial charge >= 0.3 is 24.4 Å². The van der Waals surface area contributed by atoms with E-state index in [1.807, 2.05) is 5.32 Å². The number of alkyl halides is 6. The Bertz CT molecular complexity index is 1460. The number of carboxylic acids is 1. The van der Waals surface area contributed by atoms with Crippen LogP contribution in [0.15, 0.2) is 41.3 Å². The average Bonchev–Trinajstić information content (AvgIpc) is 2.85. The van der Waals surface area contributed by atoms with E-state index in [2.05, 4.69) is 4.74 Å². The molecule has 2 atom stereocenters. The number of hydrogen-bond donors (Lipinski definition) is 2. The first-order chi connectivity index (χ1) is 19.2. The second-order valence-corrected chi connectivity index (χ2v) is 11.7. The predicted octanol–water partition coefficient (Wildman–Crippen LogP) is 6.19. The highest BCUT2D eigenvalue weighted by atomic mass is 32.2. The molecular weight excluding hydrogens is 605 g/mol. The van der Waals surface area contributed by atoms with Crippen molar-refractivity contribution in [3.05, 3.63) is 47.8 Å². The van der Waals surface area contributed by atoms with Crippen LogP contribution in [0.4, 0.5) is 46.9 Å². The number of carbonyl (C=O) groups excluding carboxylic acids is 1. The summed E-state index contributed by atoms with van der Waals surface area (Å²) in [4.78, 5) is 22.8. The van der Waals surface area contributed by atoms with E-state index < -0.39 is 74.9 Å². The smallest absolute Gasteiger partial charge is 0.427 e. The molecule has 9 nitrogen and oxygen atoms in total. The predicted molar refractivity (Wildman–Crippen MR) is 133 cm³/mol. The van der Waals surface area contributed by atoms with Crippen LogP contribution in [0.5, 0.6) is 5.75 Å². The first-order valence-corrected chi connectivity index (χ1v) is 13.6. The molecule has 1 aliphatic rings. The molecule has 1 amide bonds. The minimum absolute atomic E-state index is 0.0968. The molecule has 2 aromatic carbocycles. The van der Waals surface area contributed by atoms with Crippen molar-refractivity contribution in [3.63, 3.8) is 0 Å². The van der Waals surface area contributed by atoms with Crippen LogP contribution in [0, 0.1) is 11.7 Å². The van der Waals surface area contributed by atoms with Crippen molar-refractivity contribution >= 4 is 33.5 Å². The zero-order chi connectivity index (χ0) is 31.8. The van der Waals surface area contributed by atoms with E-state index in [0.717, 1.165) is 18.2 Å². The van der Waals surface area contributed by atoms with Crippen LogP contribution in [-0.4, -0.2) is 50.0 Å². The van der Waals surface area contributed by atoms with Gasteiger partial charge in [-0.1, -0.05) is 6.92 Å². The molecule has 0 saturated heterocycles. The number of anilines is 2. The summed E-state index contributed by atoms with van der Waals surface area (Å²) in [6.45, 7) is 2.16. The number of sulfonamides is 1. The third-order valence-electron chi connectivity index (χ3n) is 6.39. The van der Waals surface area contributed by atoms with Crippen LogP contribution < -0.4 is 14.4 Å². The van der Waals surface area contributed by atoms with Crippen LogP contribution in [0.2, 0.25) is 0 Å². The number of benzene rings is 2. The van der Waals surface area contributed by atoms with Gasteiger partial charge in [0.15, 0.2) is 0 Å². The van der Waals surface area contributed by atoms with Gasteiger partial charge < -0.3 is 14.6 Å². The lowest BCUT2D eigenvalue weighted by Crippen LogP contribution is -2.45. The summed E-state index contributed by atoms with van der Waals surface area (Å²) in [5, 5.41) is 11.5. The first-order valence-electron chi connectivity index (χ1n) is 12.2. The molecular formula is C25H25F7N2O7S. The maximum atomic E-state index is 13.9.